The normalized spacial score (nSPS) is 24.6. The van der Waals surface area contributed by atoms with Crippen LogP contribution in [0, 0.1) is 0 Å². The van der Waals surface area contributed by atoms with Crippen LogP contribution in [0.15, 0.2) is 36.7 Å². The lowest BCUT2D eigenvalue weighted by molar-refractivity contribution is 0.156. The Morgan fingerprint density at radius 3 is 2.76 bits per heavy atom. The second-order valence-corrected chi connectivity index (χ2v) is 8.85. The molecular formula is C25H34N4O4. The van der Waals surface area contributed by atoms with E-state index < -0.39 is 0 Å². The van der Waals surface area contributed by atoms with Gasteiger partial charge in [0, 0.05) is 29.8 Å². The summed E-state index contributed by atoms with van der Waals surface area (Å²) in [6, 6.07) is 8.26. The summed E-state index contributed by atoms with van der Waals surface area (Å²) >= 11 is 0. The maximum atomic E-state index is 12.8. The van der Waals surface area contributed by atoms with Gasteiger partial charge in [0.05, 0.1) is 27.0 Å². The minimum Gasteiger partial charge on any atom is -0.493 e. The fourth-order valence-electron chi connectivity index (χ4n) is 5.50. The Labute approximate surface area is 195 Å². The van der Waals surface area contributed by atoms with Crippen LogP contribution >= 0.6 is 0 Å². The Morgan fingerprint density at radius 1 is 1.18 bits per heavy atom. The molecule has 1 aliphatic heterocycles. The van der Waals surface area contributed by atoms with Crippen molar-refractivity contribution in [3.63, 3.8) is 0 Å². The number of urea groups is 1. The molecule has 8 nitrogen and oxygen atoms in total. The van der Waals surface area contributed by atoms with Gasteiger partial charge in [0.1, 0.15) is 11.4 Å². The third kappa shape index (κ3) is 4.57. The van der Waals surface area contributed by atoms with Crippen LogP contribution in [0.1, 0.15) is 38.2 Å². The van der Waals surface area contributed by atoms with Gasteiger partial charge in [-0.15, -0.1) is 0 Å². The zero-order valence-electron chi connectivity index (χ0n) is 19.9. The zero-order valence-corrected chi connectivity index (χ0v) is 19.9. The number of likely N-dealkylation sites (tertiary alicyclic amines) is 1. The number of carbonyl (C=O) groups is 1. The maximum Gasteiger partial charge on any atom is 0.319 e. The molecule has 1 aliphatic carbocycles. The smallest absolute Gasteiger partial charge is 0.319 e. The standard InChI is InChI=1S/C25H34N4O4/c1-5-33-20-9-12-26-16-19(20)28-24(30)27-18-8-10-25(11-13-29(2)23(25)15-18)17-6-7-21(31-3)22(14-17)32-4/h6-7,9,12,14,16,18,23H,5,8,10-11,13,15H2,1-4H3,(H2,27,28,30). The van der Waals surface area contributed by atoms with Crippen molar-refractivity contribution >= 4 is 11.7 Å². The molecule has 3 atom stereocenters. The highest BCUT2D eigenvalue weighted by Gasteiger charge is 2.50. The summed E-state index contributed by atoms with van der Waals surface area (Å²) in [5.74, 6) is 2.13. The average molecular weight is 455 g/mol. The largest absolute Gasteiger partial charge is 0.493 e. The molecule has 3 unspecified atom stereocenters. The summed E-state index contributed by atoms with van der Waals surface area (Å²) in [5.41, 5.74) is 1.91. The highest BCUT2D eigenvalue weighted by molar-refractivity contribution is 5.90. The van der Waals surface area contributed by atoms with Crippen LogP contribution in [0.2, 0.25) is 0 Å². The monoisotopic (exact) mass is 454 g/mol. The second kappa shape index (κ2) is 9.87. The summed E-state index contributed by atoms with van der Waals surface area (Å²) in [6.45, 7) is 3.47. The highest BCUT2D eigenvalue weighted by atomic mass is 16.5. The third-order valence-electron chi connectivity index (χ3n) is 7.15. The molecule has 1 aromatic carbocycles. The lowest BCUT2D eigenvalue weighted by Crippen LogP contribution is -2.52. The van der Waals surface area contributed by atoms with Crippen LogP contribution in [0.4, 0.5) is 10.5 Å². The van der Waals surface area contributed by atoms with Crippen LogP contribution in [-0.2, 0) is 5.41 Å². The topological polar surface area (TPSA) is 85.0 Å². The van der Waals surface area contributed by atoms with Gasteiger partial charge in [-0.05, 0) is 63.9 Å². The van der Waals surface area contributed by atoms with E-state index in [0.29, 0.717) is 24.1 Å². The number of aromatic nitrogens is 1. The van der Waals surface area contributed by atoms with Crippen molar-refractivity contribution in [3.8, 4) is 17.2 Å². The minimum absolute atomic E-state index is 0.0500. The molecule has 178 valence electrons. The Bertz CT molecular complexity index is 985. The second-order valence-electron chi connectivity index (χ2n) is 8.85. The number of likely N-dealkylation sites (N-methyl/N-ethyl adjacent to an activating group) is 1. The number of fused-ring (bicyclic) bond motifs is 1. The fraction of sp³-hybridized carbons (Fsp3) is 0.520. The van der Waals surface area contributed by atoms with Crippen molar-refractivity contribution < 1.29 is 19.0 Å². The van der Waals surface area contributed by atoms with Crippen molar-refractivity contribution in [3.05, 3.63) is 42.2 Å². The molecule has 2 aliphatic rings. The van der Waals surface area contributed by atoms with Gasteiger partial charge in [-0.3, -0.25) is 4.98 Å². The lowest BCUT2D eigenvalue weighted by atomic mass is 9.65. The highest BCUT2D eigenvalue weighted by Crippen LogP contribution is 2.49. The minimum atomic E-state index is -0.229. The van der Waals surface area contributed by atoms with Crippen LogP contribution in [0.5, 0.6) is 17.2 Å². The van der Waals surface area contributed by atoms with Crippen LogP contribution < -0.4 is 24.8 Å². The van der Waals surface area contributed by atoms with Gasteiger partial charge in [-0.25, -0.2) is 4.79 Å². The van der Waals surface area contributed by atoms with Gasteiger partial charge in [-0.2, -0.15) is 0 Å². The number of carbonyl (C=O) groups excluding carboxylic acids is 1. The number of pyridine rings is 1. The number of nitrogens with one attached hydrogen (secondary N) is 2. The molecule has 1 saturated carbocycles. The summed E-state index contributed by atoms with van der Waals surface area (Å²) in [7, 11) is 5.52. The number of ether oxygens (including phenoxy) is 3. The lowest BCUT2D eigenvalue weighted by Gasteiger charge is -2.45. The summed E-state index contributed by atoms with van der Waals surface area (Å²) in [5, 5.41) is 6.08. The number of hydrogen-bond donors (Lipinski definition) is 2. The molecule has 1 saturated heterocycles. The van der Waals surface area contributed by atoms with Crippen molar-refractivity contribution in [1.29, 1.82) is 0 Å². The van der Waals surface area contributed by atoms with E-state index in [0.717, 1.165) is 43.7 Å². The summed E-state index contributed by atoms with van der Waals surface area (Å²) < 4.78 is 16.6. The van der Waals surface area contributed by atoms with E-state index >= 15 is 0 Å². The molecule has 2 fully saturated rings. The van der Waals surface area contributed by atoms with E-state index in [2.05, 4.69) is 39.7 Å². The van der Waals surface area contributed by atoms with Gasteiger partial charge in [-0.1, -0.05) is 6.07 Å². The Balaban J connectivity index is 1.47. The summed E-state index contributed by atoms with van der Waals surface area (Å²) in [6.07, 6.45) is 7.16. The van der Waals surface area contributed by atoms with E-state index in [1.54, 1.807) is 32.7 Å². The van der Waals surface area contributed by atoms with Crippen molar-refractivity contribution in [1.82, 2.24) is 15.2 Å². The Morgan fingerprint density at radius 2 is 2.00 bits per heavy atom. The number of anilines is 1. The molecule has 2 N–H and O–H groups in total. The number of benzene rings is 1. The predicted octanol–water partition coefficient (Wildman–Crippen LogP) is 3.81. The number of methoxy groups -OCH3 is 2. The van der Waals surface area contributed by atoms with Gasteiger partial charge < -0.3 is 29.7 Å². The van der Waals surface area contributed by atoms with Gasteiger partial charge in [0.25, 0.3) is 0 Å². The molecule has 1 aromatic heterocycles. The molecule has 0 spiro atoms. The average Bonchev–Trinajstić information content (AvgIpc) is 3.17. The van der Waals surface area contributed by atoms with Crippen molar-refractivity contribution in [2.45, 2.75) is 50.1 Å². The third-order valence-corrected chi connectivity index (χ3v) is 7.15. The van der Waals surface area contributed by atoms with Crippen LogP contribution in [0.3, 0.4) is 0 Å². The Kier molecular flexibility index (Phi) is 6.93. The van der Waals surface area contributed by atoms with Crippen LogP contribution in [-0.4, -0.2) is 62.4 Å². The van der Waals surface area contributed by atoms with Gasteiger partial charge in [0.2, 0.25) is 0 Å². The first-order valence-electron chi connectivity index (χ1n) is 11.6. The number of hydrogen-bond acceptors (Lipinski definition) is 6. The first-order chi connectivity index (χ1) is 16.0. The van der Waals surface area contributed by atoms with E-state index in [4.69, 9.17) is 14.2 Å². The molecule has 33 heavy (non-hydrogen) atoms. The quantitative estimate of drug-likeness (QED) is 0.662. The first-order valence-corrected chi connectivity index (χ1v) is 11.6. The van der Waals surface area contributed by atoms with Crippen molar-refractivity contribution in [2.24, 2.45) is 0 Å². The van der Waals surface area contributed by atoms with E-state index in [9.17, 15) is 4.79 Å². The number of rotatable bonds is 7. The first kappa shape index (κ1) is 23.2. The summed E-state index contributed by atoms with van der Waals surface area (Å²) in [4.78, 5) is 19.3. The van der Waals surface area contributed by atoms with Crippen molar-refractivity contribution in [2.75, 3.05) is 39.7 Å². The molecule has 2 aromatic rings. The van der Waals surface area contributed by atoms with E-state index in [-0.39, 0.29) is 17.5 Å². The zero-order chi connectivity index (χ0) is 23.4. The molecular weight excluding hydrogens is 420 g/mol. The maximum absolute atomic E-state index is 12.8. The molecule has 4 rings (SSSR count). The van der Waals surface area contributed by atoms with Gasteiger partial charge >= 0.3 is 6.03 Å². The van der Waals surface area contributed by atoms with Crippen LogP contribution in [0.25, 0.3) is 0 Å². The van der Waals surface area contributed by atoms with E-state index in [1.807, 2.05) is 13.0 Å². The fourth-order valence-corrected chi connectivity index (χ4v) is 5.50. The predicted molar refractivity (Wildman–Crippen MR) is 127 cm³/mol. The van der Waals surface area contributed by atoms with Gasteiger partial charge in [0.15, 0.2) is 11.5 Å². The number of nitrogens with zero attached hydrogens (tertiary/aromatic N) is 2. The molecule has 2 heterocycles. The molecule has 2 amide bonds. The number of amides is 2. The molecule has 0 bridgehead atoms. The molecule has 8 heteroatoms. The van der Waals surface area contributed by atoms with E-state index in [1.165, 1.54) is 5.56 Å². The Hall–Kier alpha value is -3.00. The SMILES string of the molecule is CCOc1ccncc1NC(=O)NC1CCC2(c3ccc(OC)c(OC)c3)CCN(C)C2C1. The molecule has 0 radical (unpaired) electrons.